The van der Waals surface area contributed by atoms with E-state index in [1.54, 1.807) is 0 Å². The maximum atomic E-state index is 13.9. The minimum atomic E-state index is -2.28. The molecule has 0 spiro atoms. The van der Waals surface area contributed by atoms with Crippen LogP contribution >= 0.6 is 0 Å². The number of nitrogens with zero attached hydrogens (tertiary/aromatic N) is 1. The fourth-order valence-electron chi connectivity index (χ4n) is 2.70. The van der Waals surface area contributed by atoms with Gasteiger partial charge in [-0.25, -0.2) is 22.0 Å². The second-order valence-electron chi connectivity index (χ2n) is 6.25. The zero-order chi connectivity index (χ0) is 19.6. The van der Waals surface area contributed by atoms with Crippen LogP contribution in [0.15, 0.2) is 11.8 Å². The monoisotopic (exact) mass is 376 g/mol. The van der Waals surface area contributed by atoms with Crippen LogP contribution in [-0.4, -0.2) is 43.7 Å². The van der Waals surface area contributed by atoms with Crippen molar-refractivity contribution in [2.75, 3.05) is 27.2 Å². The van der Waals surface area contributed by atoms with Gasteiger partial charge in [0.25, 0.3) is 0 Å². The van der Waals surface area contributed by atoms with Gasteiger partial charge < -0.3 is 10.2 Å². The van der Waals surface area contributed by atoms with E-state index in [2.05, 4.69) is 5.32 Å². The summed E-state index contributed by atoms with van der Waals surface area (Å²) in [5, 5.41) is 2.79. The van der Waals surface area contributed by atoms with Gasteiger partial charge in [-0.1, -0.05) is 0 Å². The summed E-state index contributed by atoms with van der Waals surface area (Å²) in [5.74, 6) is -13.3. The first kappa shape index (κ1) is 20.0. The summed E-state index contributed by atoms with van der Waals surface area (Å²) in [6, 6.07) is 0. The molecule has 1 aromatic rings. The van der Waals surface area contributed by atoms with Crippen LogP contribution in [0.25, 0.3) is 0 Å². The number of allylic oxidation sites excluding steroid dienone is 1. The molecule has 0 amide bonds. The SMILES string of the molecule is CN(C)CCNC=C1C(=O)CC(c2c(F)c(F)c(F)c(F)c2F)CC1=O. The Balaban J connectivity index is 2.24. The lowest BCUT2D eigenvalue weighted by Crippen LogP contribution is -2.29. The lowest BCUT2D eigenvalue weighted by atomic mass is 9.79. The summed E-state index contributed by atoms with van der Waals surface area (Å²) < 4.78 is 67.6. The van der Waals surface area contributed by atoms with Crippen molar-refractivity contribution in [1.82, 2.24) is 10.2 Å². The number of likely N-dealkylation sites (N-methyl/N-ethyl adjacent to an activating group) is 1. The molecule has 1 fully saturated rings. The van der Waals surface area contributed by atoms with Crippen molar-refractivity contribution in [3.05, 3.63) is 46.4 Å². The molecule has 1 N–H and O–H groups in total. The molecule has 0 radical (unpaired) electrons. The second-order valence-corrected chi connectivity index (χ2v) is 6.25. The standard InChI is InChI=1S/C17H17F5N2O2/c1-24(2)4-3-23-7-9-10(25)5-8(6-11(9)26)12-13(18)15(20)17(22)16(21)14(12)19/h7-8,23H,3-6H2,1-2H3. The highest BCUT2D eigenvalue weighted by Gasteiger charge is 2.37. The van der Waals surface area contributed by atoms with Crippen LogP contribution in [0.2, 0.25) is 0 Å². The molecule has 1 saturated carbocycles. The smallest absolute Gasteiger partial charge is 0.200 e. The van der Waals surface area contributed by atoms with Gasteiger partial charge in [0.2, 0.25) is 5.82 Å². The third-order valence-electron chi connectivity index (χ3n) is 4.07. The number of carbonyl (C=O) groups excluding carboxylic acids is 2. The molecule has 0 atom stereocenters. The number of hydrogen-bond acceptors (Lipinski definition) is 4. The minimum Gasteiger partial charge on any atom is -0.389 e. The van der Waals surface area contributed by atoms with E-state index in [4.69, 9.17) is 0 Å². The van der Waals surface area contributed by atoms with E-state index in [1.165, 1.54) is 6.20 Å². The number of ketones is 2. The summed E-state index contributed by atoms with van der Waals surface area (Å²) in [7, 11) is 3.67. The molecule has 1 aliphatic carbocycles. The average Bonchev–Trinajstić information content (AvgIpc) is 2.57. The van der Waals surface area contributed by atoms with Gasteiger partial charge in [0.05, 0.1) is 5.57 Å². The third-order valence-corrected chi connectivity index (χ3v) is 4.07. The van der Waals surface area contributed by atoms with E-state index in [0.29, 0.717) is 13.1 Å². The van der Waals surface area contributed by atoms with Gasteiger partial charge in [0, 0.05) is 43.6 Å². The molecule has 26 heavy (non-hydrogen) atoms. The van der Waals surface area contributed by atoms with E-state index in [1.807, 2.05) is 19.0 Å². The molecule has 0 saturated heterocycles. The topological polar surface area (TPSA) is 49.4 Å². The second kappa shape index (κ2) is 7.94. The zero-order valence-electron chi connectivity index (χ0n) is 14.1. The number of Topliss-reactive ketones (excluding diaryl/α,β-unsaturated/α-hetero) is 2. The molecule has 1 aliphatic rings. The number of benzene rings is 1. The van der Waals surface area contributed by atoms with Gasteiger partial charge >= 0.3 is 0 Å². The Hall–Kier alpha value is -2.29. The van der Waals surface area contributed by atoms with Crippen molar-refractivity contribution in [2.24, 2.45) is 0 Å². The van der Waals surface area contributed by atoms with Crippen molar-refractivity contribution >= 4 is 11.6 Å². The molecule has 0 heterocycles. The van der Waals surface area contributed by atoms with Gasteiger partial charge in [-0.05, 0) is 14.1 Å². The number of carbonyl (C=O) groups is 2. The van der Waals surface area contributed by atoms with Gasteiger partial charge in [-0.15, -0.1) is 0 Å². The van der Waals surface area contributed by atoms with Crippen LogP contribution in [0.5, 0.6) is 0 Å². The number of rotatable bonds is 5. The maximum Gasteiger partial charge on any atom is 0.200 e. The summed E-state index contributed by atoms with van der Waals surface area (Å²) in [4.78, 5) is 26.1. The Kier molecular flexibility index (Phi) is 6.12. The predicted octanol–water partition coefficient (Wildman–Crippen LogP) is 2.43. The van der Waals surface area contributed by atoms with E-state index in [9.17, 15) is 31.5 Å². The Bertz CT molecular complexity index is 728. The maximum absolute atomic E-state index is 13.9. The molecule has 0 bridgehead atoms. The molecule has 0 unspecified atom stereocenters. The largest absolute Gasteiger partial charge is 0.389 e. The molecule has 4 nitrogen and oxygen atoms in total. The van der Waals surface area contributed by atoms with Gasteiger partial charge in [0.15, 0.2) is 34.8 Å². The summed E-state index contributed by atoms with van der Waals surface area (Å²) in [5.41, 5.74) is -1.30. The van der Waals surface area contributed by atoms with E-state index >= 15 is 0 Å². The van der Waals surface area contributed by atoms with Crippen LogP contribution in [0.4, 0.5) is 22.0 Å². The predicted molar refractivity (Wildman–Crippen MR) is 82.9 cm³/mol. The van der Waals surface area contributed by atoms with Crippen LogP contribution in [0.1, 0.15) is 24.3 Å². The highest BCUT2D eigenvalue weighted by atomic mass is 19.2. The first-order valence-corrected chi connectivity index (χ1v) is 7.81. The quantitative estimate of drug-likeness (QED) is 0.214. The summed E-state index contributed by atoms with van der Waals surface area (Å²) in [6.07, 6.45) is 0.180. The summed E-state index contributed by atoms with van der Waals surface area (Å²) in [6.45, 7) is 1.09. The van der Waals surface area contributed by atoms with Crippen molar-refractivity contribution in [1.29, 1.82) is 0 Å². The van der Waals surface area contributed by atoms with E-state index in [0.717, 1.165) is 0 Å². The van der Waals surface area contributed by atoms with Crippen LogP contribution in [-0.2, 0) is 9.59 Å². The Morgan fingerprint density at radius 3 is 1.85 bits per heavy atom. The Labute approximate surface area is 146 Å². The molecular formula is C17H17F5N2O2. The van der Waals surface area contributed by atoms with E-state index in [-0.39, 0.29) is 5.57 Å². The van der Waals surface area contributed by atoms with Gasteiger partial charge in [0.1, 0.15) is 0 Å². The van der Waals surface area contributed by atoms with Gasteiger partial charge in [-0.2, -0.15) is 0 Å². The fraction of sp³-hybridized carbons (Fsp3) is 0.412. The molecular weight excluding hydrogens is 359 g/mol. The van der Waals surface area contributed by atoms with E-state index < -0.39 is 65.0 Å². The highest BCUT2D eigenvalue weighted by Crippen LogP contribution is 2.36. The third kappa shape index (κ3) is 3.92. The molecule has 1 aromatic carbocycles. The molecule has 0 aromatic heterocycles. The van der Waals surface area contributed by atoms with Crippen molar-refractivity contribution in [2.45, 2.75) is 18.8 Å². The highest BCUT2D eigenvalue weighted by molar-refractivity contribution is 6.22. The van der Waals surface area contributed by atoms with Crippen molar-refractivity contribution in [3.63, 3.8) is 0 Å². The number of halogens is 5. The van der Waals surface area contributed by atoms with Crippen molar-refractivity contribution < 1.29 is 31.5 Å². The minimum absolute atomic E-state index is 0.177. The Morgan fingerprint density at radius 2 is 1.38 bits per heavy atom. The normalized spacial score (nSPS) is 17.8. The van der Waals surface area contributed by atoms with Crippen molar-refractivity contribution in [3.8, 4) is 0 Å². The molecule has 9 heteroatoms. The first-order chi connectivity index (χ1) is 12.1. The van der Waals surface area contributed by atoms with Crippen LogP contribution in [0.3, 0.4) is 0 Å². The number of nitrogens with one attached hydrogen (secondary N) is 1. The fourth-order valence-corrected chi connectivity index (χ4v) is 2.70. The zero-order valence-corrected chi connectivity index (χ0v) is 14.1. The lowest BCUT2D eigenvalue weighted by molar-refractivity contribution is -0.124. The molecule has 142 valence electrons. The van der Waals surface area contributed by atoms with Crippen LogP contribution < -0.4 is 5.32 Å². The lowest BCUT2D eigenvalue weighted by Gasteiger charge is -2.23. The number of hydrogen-bond donors (Lipinski definition) is 1. The molecule has 2 rings (SSSR count). The van der Waals surface area contributed by atoms with Crippen LogP contribution in [0, 0.1) is 29.1 Å². The first-order valence-electron chi connectivity index (χ1n) is 7.81. The molecule has 0 aliphatic heterocycles. The van der Waals surface area contributed by atoms with Gasteiger partial charge in [-0.3, -0.25) is 9.59 Å². The average molecular weight is 376 g/mol. The Morgan fingerprint density at radius 1 is 0.923 bits per heavy atom. The summed E-state index contributed by atoms with van der Waals surface area (Å²) >= 11 is 0.